The van der Waals surface area contributed by atoms with Gasteiger partial charge in [0.1, 0.15) is 5.75 Å². The van der Waals surface area contributed by atoms with Crippen LogP contribution >= 0.6 is 0 Å². The van der Waals surface area contributed by atoms with Crippen molar-refractivity contribution in [1.82, 2.24) is 4.98 Å². The van der Waals surface area contributed by atoms with Crippen molar-refractivity contribution in [1.29, 1.82) is 0 Å². The third-order valence-corrected chi connectivity index (χ3v) is 17.5. The van der Waals surface area contributed by atoms with Crippen molar-refractivity contribution in [2.24, 2.45) is 0 Å². The van der Waals surface area contributed by atoms with Crippen LogP contribution in [0.2, 0.25) is 36.3 Å². The Hall–Kier alpha value is -1.26. The molecule has 4 atom stereocenters. The number of aromatic nitrogens is 1. The lowest BCUT2D eigenvalue weighted by Crippen LogP contribution is -2.46. The molecule has 0 spiro atoms. The highest BCUT2D eigenvalue weighted by molar-refractivity contribution is 6.75. The average molecular weight is 504 g/mol. The Morgan fingerprint density at radius 3 is 2.06 bits per heavy atom. The number of fused-ring (bicyclic) bond motifs is 3. The Bertz CT molecular complexity index is 1040. The topological polar surface area (TPSA) is 71.8 Å². The highest BCUT2D eigenvalue weighted by Crippen LogP contribution is 2.45. The van der Waals surface area contributed by atoms with Gasteiger partial charge in [-0.25, -0.2) is 0 Å². The number of benzene rings is 1. The van der Waals surface area contributed by atoms with Crippen LogP contribution in [0, 0.1) is 0 Å². The number of pyridine rings is 1. The summed E-state index contributed by atoms with van der Waals surface area (Å²) in [6.07, 6.45) is 0.111. The van der Waals surface area contributed by atoms with Crippen molar-refractivity contribution < 1.29 is 19.1 Å². The second kappa shape index (κ2) is 9.00. The van der Waals surface area contributed by atoms with Gasteiger partial charge < -0.3 is 19.1 Å². The number of aliphatic hydroxyl groups is 2. The van der Waals surface area contributed by atoms with Crippen LogP contribution in [-0.4, -0.2) is 50.6 Å². The Balaban J connectivity index is 2.11. The minimum Gasteiger partial charge on any atom is -0.543 e. The average Bonchev–Trinajstić information content (AvgIpc) is 2.69. The van der Waals surface area contributed by atoms with Crippen LogP contribution in [0.5, 0.6) is 5.75 Å². The first-order chi connectivity index (χ1) is 15.4. The molecule has 0 bridgehead atoms. The molecule has 190 valence electrons. The van der Waals surface area contributed by atoms with Crippen LogP contribution < -0.4 is 4.43 Å². The molecule has 34 heavy (non-hydrogen) atoms. The van der Waals surface area contributed by atoms with Crippen LogP contribution in [-0.2, 0) is 4.43 Å². The zero-order valence-electron chi connectivity index (χ0n) is 23.0. The molecule has 1 aliphatic rings. The van der Waals surface area contributed by atoms with Gasteiger partial charge in [-0.2, -0.15) is 0 Å². The van der Waals surface area contributed by atoms with Crippen molar-refractivity contribution in [2.75, 3.05) is 6.61 Å². The molecular weight excluding hydrogens is 458 g/mol. The summed E-state index contributed by atoms with van der Waals surface area (Å²) in [5.41, 5.74) is 2.89. The van der Waals surface area contributed by atoms with E-state index in [9.17, 15) is 10.2 Å². The number of rotatable bonds is 5. The molecule has 0 amide bonds. The lowest BCUT2D eigenvalue weighted by atomic mass is 9.73. The molecule has 5 nitrogen and oxygen atoms in total. The molecule has 2 N–H and O–H groups in total. The van der Waals surface area contributed by atoms with Gasteiger partial charge >= 0.3 is 0 Å². The predicted octanol–water partition coefficient (Wildman–Crippen LogP) is 6.56. The van der Waals surface area contributed by atoms with Crippen LogP contribution in [0.1, 0.15) is 71.4 Å². The van der Waals surface area contributed by atoms with Crippen LogP contribution in [0.4, 0.5) is 0 Å². The van der Waals surface area contributed by atoms with E-state index < -0.39 is 28.8 Å². The lowest BCUT2D eigenvalue weighted by Gasteiger charge is -2.42. The molecule has 3 rings (SSSR count). The first kappa shape index (κ1) is 27.3. The quantitative estimate of drug-likeness (QED) is 0.452. The van der Waals surface area contributed by atoms with Gasteiger partial charge in [0.05, 0.1) is 17.7 Å². The van der Waals surface area contributed by atoms with E-state index in [1.807, 2.05) is 25.3 Å². The first-order valence-corrected chi connectivity index (χ1v) is 18.3. The monoisotopic (exact) mass is 503 g/mol. The maximum atomic E-state index is 11.2. The summed E-state index contributed by atoms with van der Waals surface area (Å²) >= 11 is 0. The smallest absolute Gasteiger partial charge is 0.250 e. The van der Waals surface area contributed by atoms with Gasteiger partial charge in [-0.3, -0.25) is 4.98 Å². The summed E-state index contributed by atoms with van der Waals surface area (Å²) in [5, 5.41) is 23.2. The largest absolute Gasteiger partial charge is 0.543 e. The Labute approximate surface area is 208 Å². The number of aliphatic hydroxyl groups excluding tert-OH is 2. The predicted molar refractivity (Wildman–Crippen MR) is 146 cm³/mol. The molecule has 0 unspecified atom stereocenters. The fraction of sp³-hybridized carbons (Fsp3) is 0.667. The number of hydrogen-bond acceptors (Lipinski definition) is 5. The molecule has 0 saturated heterocycles. The first-order valence-electron chi connectivity index (χ1n) is 12.5. The van der Waals surface area contributed by atoms with E-state index in [4.69, 9.17) is 13.8 Å². The van der Waals surface area contributed by atoms with E-state index in [2.05, 4.69) is 73.8 Å². The maximum Gasteiger partial charge on any atom is 0.250 e. The zero-order valence-corrected chi connectivity index (χ0v) is 25.0. The normalized spacial score (nSPS) is 24.3. The molecule has 1 heterocycles. The molecule has 1 aromatic carbocycles. The standard InChI is InChI=1S/C27H45NO4Si2/c1-17-20-15-28-22-13-12-18(32-34(10,11)27(5,6)7)14-19(22)23(20)21(25(30)24(17)29)16-31-33(8,9)26(2,3)4/h12-15,17,21,24-25,29-30H,16H2,1-11H3/t17-,21+,24+,25-/m1/s1. The van der Waals surface area contributed by atoms with E-state index in [1.54, 1.807) is 0 Å². The Morgan fingerprint density at radius 1 is 0.912 bits per heavy atom. The Kier molecular flexibility index (Phi) is 7.23. The maximum absolute atomic E-state index is 11.2. The third-order valence-electron chi connectivity index (χ3n) is 8.66. The minimum absolute atomic E-state index is 0.0614. The highest BCUT2D eigenvalue weighted by atomic mass is 28.4. The van der Waals surface area contributed by atoms with Gasteiger partial charge in [-0.05, 0) is 65.6 Å². The van der Waals surface area contributed by atoms with Gasteiger partial charge in [-0.15, -0.1) is 0 Å². The van der Waals surface area contributed by atoms with Gasteiger partial charge in [0.2, 0.25) is 8.32 Å². The van der Waals surface area contributed by atoms with Gasteiger partial charge in [0.25, 0.3) is 0 Å². The van der Waals surface area contributed by atoms with Crippen LogP contribution in [0.15, 0.2) is 24.4 Å². The van der Waals surface area contributed by atoms with Gasteiger partial charge in [0.15, 0.2) is 8.32 Å². The zero-order chi connectivity index (χ0) is 25.9. The molecule has 1 aromatic heterocycles. The summed E-state index contributed by atoms with van der Waals surface area (Å²) in [6.45, 7) is 24.6. The van der Waals surface area contributed by atoms with Crippen molar-refractivity contribution in [2.45, 2.75) is 109 Å². The van der Waals surface area contributed by atoms with E-state index in [1.165, 1.54) is 0 Å². The van der Waals surface area contributed by atoms with Crippen molar-refractivity contribution >= 4 is 27.5 Å². The molecule has 7 heteroatoms. The second-order valence-electron chi connectivity index (χ2n) is 13.1. The van der Waals surface area contributed by atoms with E-state index >= 15 is 0 Å². The summed E-state index contributed by atoms with van der Waals surface area (Å²) < 4.78 is 13.2. The number of nitrogens with zero attached hydrogens (tertiary/aromatic N) is 1. The third kappa shape index (κ3) is 5.00. The SMILES string of the molecule is C[C@@H]1c2cnc3ccc(O[Si](C)(C)C(C)(C)C)cc3c2[C@H](CO[Si](C)(C)C(C)(C)C)[C@@H](O)[C@H]1O. The minimum atomic E-state index is -2.04. The lowest BCUT2D eigenvalue weighted by molar-refractivity contribution is -0.0275. The molecule has 0 saturated carbocycles. The fourth-order valence-electron chi connectivity index (χ4n) is 4.08. The summed E-state index contributed by atoms with van der Waals surface area (Å²) in [4.78, 5) is 4.70. The van der Waals surface area contributed by atoms with Crippen LogP contribution in [0.3, 0.4) is 0 Å². The molecular formula is C27H45NO4Si2. The van der Waals surface area contributed by atoms with Crippen molar-refractivity contribution in [3.05, 3.63) is 35.5 Å². The van der Waals surface area contributed by atoms with Gasteiger partial charge in [-0.1, -0.05) is 48.5 Å². The van der Waals surface area contributed by atoms with Gasteiger partial charge in [0, 0.05) is 30.0 Å². The summed E-state index contributed by atoms with van der Waals surface area (Å²) in [6, 6.07) is 6.09. The molecule has 0 fully saturated rings. The summed E-state index contributed by atoms with van der Waals surface area (Å²) in [5.74, 6) is 0.298. The van der Waals surface area contributed by atoms with Crippen molar-refractivity contribution in [3.63, 3.8) is 0 Å². The fourth-order valence-corrected chi connectivity index (χ4v) is 6.13. The molecule has 0 radical (unpaired) electrons. The van der Waals surface area contributed by atoms with Crippen molar-refractivity contribution in [3.8, 4) is 5.75 Å². The van der Waals surface area contributed by atoms with E-state index in [0.717, 1.165) is 27.8 Å². The van der Waals surface area contributed by atoms with Crippen LogP contribution in [0.25, 0.3) is 10.9 Å². The molecule has 0 aliphatic heterocycles. The van der Waals surface area contributed by atoms with E-state index in [0.29, 0.717) is 6.61 Å². The van der Waals surface area contributed by atoms with E-state index in [-0.39, 0.29) is 21.9 Å². The molecule has 1 aliphatic carbocycles. The second-order valence-corrected chi connectivity index (χ2v) is 22.7. The Morgan fingerprint density at radius 2 is 1.50 bits per heavy atom. The number of hydrogen-bond donors (Lipinski definition) is 2. The molecule has 2 aromatic rings. The highest BCUT2D eigenvalue weighted by Gasteiger charge is 2.44. The summed E-state index contributed by atoms with van der Waals surface area (Å²) in [7, 11) is -4.05.